The average molecular weight is 253 g/mol. The molecule has 0 amide bonds. The van der Waals surface area contributed by atoms with Crippen LogP contribution in [-0.4, -0.2) is 13.7 Å². The Labute approximate surface area is 110 Å². The minimum Gasteiger partial charge on any atom is -0.496 e. The molecule has 0 aliphatic heterocycles. The molecule has 0 saturated heterocycles. The third kappa shape index (κ3) is 4.65. The predicted molar refractivity (Wildman–Crippen MR) is 73.4 cm³/mol. The van der Waals surface area contributed by atoms with Crippen molar-refractivity contribution in [1.82, 2.24) is 5.32 Å². The molecule has 18 heavy (non-hydrogen) atoms. The quantitative estimate of drug-likeness (QED) is 0.858. The van der Waals surface area contributed by atoms with Gasteiger partial charge in [0.2, 0.25) is 0 Å². The topological polar surface area (TPSA) is 21.3 Å². The number of methoxy groups -OCH3 is 1. The van der Waals surface area contributed by atoms with E-state index in [1.165, 1.54) is 12.1 Å². The van der Waals surface area contributed by atoms with Gasteiger partial charge in [0.25, 0.3) is 0 Å². The van der Waals surface area contributed by atoms with E-state index in [1.807, 2.05) is 6.92 Å². The van der Waals surface area contributed by atoms with Gasteiger partial charge in [-0.25, -0.2) is 4.39 Å². The zero-order chi connectivity index (χ0) is 13.8. The second kappa shape index (κ2) is 6.19. The summed E-state index contributed by atoms with van der Waals surface area (Å²) in [5.41, 5.74) is 1.17. The molecule has 1 aromatic carbocycles. The molecule has 1 unspecified atom stereocenters. The van der Waals surface area contributed by atoms with Crippen molar-refractivity contribution in [3.63, 3.8) is 0 Å². The van der Waals surface area contributed by atoms with E-state index in [-0.39, 0.29) is 11.9 Å². The van der Waals surface area contributed by atoms with Crippen LogP contribution in [0, 0.1) is 11.2 Å². The molecule has 3 heteroatoms. The molecule has 0 aliphatic rings. The molecular weight excluding hydrogens is 229 g/mol. The summed E-state index contributed by atoms with van der Waals surface area (Å²) in [5.74, 6) is 0.502. The van der Waals surface area contributed by atoms with Gasteiger partial charge in [0.1, 0.15) is 11.6 Å². The molecule has 0 saturated carbocycles. The molecule has 0 fully saturated rings. The Bertz CT molecular complexity index is 385. The number of rotatable bonds is 5. The fourth-order valence-corrected chi connectivity index (χ4v) is 1.82. The Morgan fingerprint density at radius 2 is 2.00 bits per heavy atom. The molecule has 1 rings (SSSR count). The van der Waals surface area contributed by atoms with E-state index in [4.69, 9.17) is 4.74 Å². The van der Waals surface area contributed by atoms with Gasteiger partial charge in [0.15, 0.2) is 0 Å². The number of nitrogens with one attached hydrogen (secondary N) is 1. The Kier molecular flexibility index (Phi) is 5.15. The van der Waals surface area contributed by atoms with Gasteiger partial charge < -0.3 is 10.1 Å². The third-order valence-corrected chi connectivity index (χ3v) is 2.98. The number of hydrogen-bond acceptors (Lipinski definition) is 2. The SMILES string of the molecule is COc1ccc(F)cc1C(C)NCCC(C)(C)C. The lowest BCUT2D eigenvalue weighted by Gasteiger charge is -2.22. The largest absolute Gasteiger partial charge is 0.496 e. The van der Waals surface area contributed by atoms with Crippen LogP contribution in [-0.2, 0) is 0 Å². The van der Waals surface area contributed by atoms with Crippen molar-refractivity contribution >= 4 is 0 Å². The van der Waals surface area contributed by atoms with Gasteiger partial charge in [0, 0.05) is 11.6 Å². The van der Waals surface area contributed by atoms with Gasteiger partial charge in [-0.1, -0.05) is 20.8 Å². The molecule has 0 radical (unpaired) electrons. The highest BCUT2D eigenvalue weighted by Gasteiger charge is 2.14. The Morgan fingerprint density at radius 3 is 2.56 bits per heavy atom. The molecule has 0 bridgehead atoms. The average Bonchev–Trinajstić information content (AvgIpc) is 2.27. The molecule has 102 valence electrons. The maximum atomic E-state index is 13.3. The van der Waals surface area contributed by atoms with Crippen molar-refractivity contribution in [2.45, 2.75) is 40.2 Å². The van der Waals surface area contributed by atoms with E-state index in [0.29, 0.717) is 5.41 Å². The lowest BCUT2D eigenvalue weighted by Crippen LogP contribution is -2.24. The van der Waals surface area contributed by atoms with Crippen LogP contribution >= 0.6 is 0 Å². The monoisotopic (exact) mass is 253 g/mol. The fourth-order valence-electron chi connectivity index (χ4n) is 1.82. The highest BCUT2D eigenvalue weighted by Crippen LogP contribution is 2.26. The van der Waals surface area contributed by atoms with Gasteiger partial charge in [-0.2, -0.15) is 0 Å². The summed E-state index contributed by atoms with van der Waals surface area (Å²) in [6.07, 6.45) is 1.08. The molecule has 0 spiro atoms. The highest BCUT2D eigenvalue weighted by atomic mass is 19.1. The molecule has 1 atom stereocenters. The summed E-state index contributed by atoms with van der Waals surface area (Å²) in [7, 11) is 1.61. The van der Waals surface area contributed by atoms with Crippen LogP contribution in [0.25, 0.3) is 0 Å². The predicted octanol–water partition coefficient (Wildman–Crippen LogP) is 3.92. The van der Waals surface area contributed by atoms with Gasteiger partial charge in [0.05, 0.1) is 7.11 Å². The first kappa shape index (κ1) is 15.0. The van der Waals surface area contributed by atoms with Crippen LogP contribution in [0.1, 0.15) is 45.7 Å². The molecule has 0 aliphatic carbocycles. The second-order valence-corrected chi connectivity index (χ2v) is 5.87. The summed E-state index contributed by atoms with van der Waals surface area (Å²) in [4.78, 5) is 0. The smallest absolute Gasteiger partial charge is 0.123 e. The van der Waals surface area contributed by atoms with Crippen LogP contribution in [0.5, 0.6) is 5.75 Å². The minimum absolute atomic E-state index is 0.0815. The number of ether oxygens (including phenoxy) is 1. The second-order valence-electron chi connectivity index (χ2n) is 5.87. The van der Waals surface area contributed by atoms with Crippen LogP contribution in [0.3, 0.4) is 0 Å². The number of hydrogen-bond donors (Lipinski definition) is 1. The van der Waals surface area contributed by atoms with Crippen molar-refractivity contribution in [2.24, 2.45) is 5.41 Å². The third-order valence-electron chi connectivity index (χ3n) is 2.98. The van der Waals surface area contributed by atoms with Gasteiger partial charge in [-0.3, -0.25) is 0 Å². The number of benzene rings is 1. The zero-order valence-electron chi connectivity index (χ0n) is 12.0. The zero-order valence-corrected chi connectivity index (χ0v) is 12.0. The first-order chi connectivity index (χ1) is 8.33. The normalized spacial score (nSPS) is 13.4. The van der Waals surface area contributed by atoms with Gasteiger partial charge >= 0.3 is 0 Å². The Hall–Kier alpha value is -1.09. The van der Waals surface area contributed by atoms with Gasteiger partial charge in [-0.15, -0.1) is 0 Å². The Morgan fingerprint density at radius 1 is 1.33 bits per heavy atom. The van der Waals surface area contributed by atoms with Crippen molar-refractivity contribution in [1.29, 1.82) is 0 Å². The summed E-state index contributed by atoms with van der Waals surface area (Å²) >= 11 is 0. The fraction of sp³-hybridized carbons (Fsp3) is 0.600. The lowest BCUT2D eigenvalue weighted by atomic mass is 9.92. The molecular formula is C15H24FNO. The van der Waals surface area contributed by atoms with Crippen LogP contribution in [0.2, 0.25) is 0 Å². The first-order valence-electron chi connectivity index (χ1n) is 6.40. The summed E-state index contributed by atoms with van der Waals surface area (Å²) in [6, 6.07) is 4.71. The first-order valence-corrected chi connectivity index (χ1v) is 6.40. The standard InChI is InChI=1S/C15H24FNO/c1-11(17-9-8-15(2,3)4)13-10-12(16)6-7-14(13)18-5/h6-7,10-11,17H,8-9H2,1-5H3. The molecule has 1 aromatic rings. The van der Waals surface area contributed by atoms with Crippen LogP contribution < -0.4 is 10.1 Å². The summed E-state index contributed by atoms with van der Waals surface area (Å²) in [5, 5.41) is 3.41. The van der Waals surface area contributed by atoms with Gasteiger partial charge in [-0.05, 0) is 43.5 Å². The van der Waals surface area contributed by atoms with Crippen LogP contribution in [0.4, 0.5) is 4.39 Å². The van der Waals surface area contributed by atoms with E-state index in [1.54, 1.807) is 13.2 Å². The van der Waals surface area contributed by atoms with E-state index in [2.05, 4.69) is 26.1 Å². The summed E-state index contributed by atoms with van der Waals surface area (Å²) in [6.45, 7) is 9.57. The lowest BCUT2D eigenvalue weighted by molar-refractivity contribution is 0.353. The summed E-state index contributed by atoms with van der Waals surface area (Å²) < 4.78 is 18.5. The molecule has 1 N–H and O–H groups in total. The number of halogens is 1. The minimum atomic E-state index is -0.227. The van der Waals surface area contributed by atoms with E-state index in [0.717, 1.165) is 24.3 Å². The van der Waals surface area contributed by atoms with Crippen LogP contribution in [0.15, 0.2) is 18.2 Å². The van der Waals surface area contributed by atoms with Crippen molar-refractivity contribution in [3.05, 3.63) is 29.6 Å². The van der Waals surface area contributed by atoms with E-state index < -0.39 is 0 Å². The maximum Gasteiger partial charge on any atom is 0.123 e. The van der Waals surface area contributed by atoms with E-state index in [9.17, 15) is 4.39 Å². The van der Waals surface area contributed by atoms with Crippen molar-refractivity contribution in [2.75, 3.05) is 13.7 Å². The van der Waals surface area contributed by atoms with Crippen molar-refractivity contribution < 1.29 is 9.13 Å². The molecule has 2 nitrogen and oxygen atoms in total. The highest BCUT2D eigenvalue weighted by molar-refractivity contribution is 5.36. The van der Waals surface area contributed by atoms with E-state index >= 15 is 0 Å². The molecule has 0 heterocycles. The molecule has 0 aromatic heterocycles. The maximum absolute atomic E-state index is 13.3. The Balaban J connectivity index is 2.66. The van der Waals surface area contributed by atoms with Crippen molar-refractivity contribution in [3.8, 4) is 5.75 Å².